The number of anilines is 1. The molecule has 0 unspecified atom stereocenters. The summed E-state index contributed by atoms with van der Waals surface area (Å²) < 4.78 is 0. The third-order valence-electron chi connectivity index (χ3n) is 2.90. The Kier molecular flexibility index (Phi) is 4.86. The van der Waals surface area contributed by atoms with Crippen molar-refractivity contribution < 1.29 is 0 Å². The SMILES string of the molecule is CCNc1ccnc(CSc2ccc(C)cc2C)c1. The number of aryl methyl sites for hydroxylation is 2. The van der Waals surface area contributed by atoms with Crippen LogP contribution in [-0.4, -0.2) is 11.5 Å². The van der Waals surface area contributed by atoms with E-state index < -0.39 is 0 Å². The quantitative estimate of drug-likeness (QED) is 0.815. The van der Waals surface area contributed by atoms with E-state index in [0.717, 1.165) is 23.7 Å². The molecular weight excluding hydrogens is 252 g/mol. The smallest absolute Gasteiger partial charge is 0.0526 e. The third-order valence-corrected chi connectivity index (χ3v) is 4.11. The van der Waals surface area contributed by atoms with Gasteiger partial charge in [0.1, 0.15) is 0 Å². The molecule has 0 atom stereocenters. The summed E-state index contributed by atoms with van der Waals surface area (Å²) in [5.41, 5.74) is 4.92. The second-order valence-corrected chi connectivity index (χ2v) is 5.64. The number of aromatic nitrogens is 1. The van der Waals surface area contributed by atoms with Gasteiger partial charge in [0.2, 0.25) is 0 Å². The van der Waals surface area contributed by atoms with E-state index in [1.807, 2.05) is 24.0 Å². The van der Waals surface area contributed by atoms with Gasteiger partial charge in [-0.2, -0.15) is 0 Å². The molecule has 0 spiro atoms. The summed E-state index contributed by atoms with van der Waals surface area (Å²) in [6.07, 6.45) is 1.87. The van der Waals surface area contributed by atoms with Gasteiger partial charge < -0.3 is 5.32 Å². The number of hydrogen-bond acceptors (Lipinski definition) is 3. The highest BCUT2D eigenvalue weighted by molar-refractivity contribution is 7.98. The van der Waals surface area contributed by atoms with Crippen molar-refractivity contribution in [2.45, 2.75) is 31.4 Å². The average Bonchev–Trinajstić information content (AvgIpc) is 2.38. The topological polar surface area (TPSA) is 24.9 Å². The Morgan fingerprint density at radius 1 is 1.16 bits per heavy atom. The monoisotopic (exact) mass is 272 g/mol. The van der Waals surface area contributed by atoms with Gasteiger partial charge in [-0.05, 0) is 44.5 Å². The molecule has 0 fully saturated rings. The van der Waals surface area contributed by atoms with Crippen LogP contribution in [0, 0.1) is 13.8 Å². The second kappa shape index (κ2) is 6.62. The van der Waals surface area contributed by atoms with Crippen LogP contribution in [0.3, 0.4) is 0 Å². The van der Waals surface area contributed by atoms with Crippen LogP contribution < -0.4 is 5.32 Å². The van der Waals surface area contributed by atoms with E-state index in [1.54, 1.807) is 0 Å². The number of nitrogens with zero attached hydrogens (tertiary/aromatic N) is 1. The minimum Gasteiger partial charge on any atom is -0.385 e. The summed E-state index contributed by atoms with van der Waals surface area (Å²) in [6, 6.07) is 10.7. The summed E-state index contributed by atoms with van der Waals surface area (Å²) in [5, 5.41) is 3.32. The standard InChI is InChI=1S/C16H20N2S/c1-4-17-14-7-8-18-15(10-14)11-19-16-6-5-12(2)9-13(16)3/h5-10H,4,11H2,1-3H3,(H,17,18). The number of rotatable bonds is 5. The molecule has 0 amide bonds. The van der Waals surface area contributed by atoms with Crippen molar-refractivity contribution in [1.29, 1.82) is 0 Å². The number of hydrogen-bond donors (Lipinski definition) is 1. The number of benzene rings is 1. The first kappa shape index (κ1) is 13.9. The predicted octanol–water partition coefficient (Wildman–Crippen LogP) is 4.42. The van der Waals surface area contributed by atoms with Gasteiger partial charge in [0.05, 0.1) is 5.69 Å². The molecule has 2 rings (SSSR count). The molecule has 0 radical (unpaired) electrons. The van der Waals surface area contributed by atoms with E-state index in [1.165, 1.54) is 16.0 Å². The van der Waals surface area contributed by atoms with Gasteiger partial charge >= 0.3 is 0 Å². The molecule has 0 saturated heterocycles. The van der Waals surface area contributed by atoms with Crippen LogP contribution in [0.4, 0.5) is 5.69 Å². The molecule has 0 saturated carbocycles. The Labute approximate surface area is 119 Å². The minimum atomic E-state index is 0.906. The third kappa shape index (κ3) is 4.00. The van der Waals surface area contributed by atoms with Crippen molar-refractivity contribution in [3.05, 3.63) is 53.3 Å². The molecule has 1 aromatic carbocycles. The maximum absolute atomic E-state index is 4.42. The predicted molar refractivity (Wildman–Crippen MR) is 83.9 cm³/mol. The van der Waals surface area contributed by atoms with Gasteiger partial charge in [-0.15, -0.1) is 11.8 Å². The zero-order valence-electron chi connectivity index (χ0n) is 11.7. The van der Waals surface area contributed by atoms with E-state index in [-0.39, 0.29) is 0 Å². The number of nitrogens with one attached hydrogen (secondary N) is 1. The fraction of sp³-hybridized carbons (Fsp3) is 0.312. The molecule has 1 aromatic heterocycles. The molecule has 0 aliphatic heterocycles. The summed E-state index contributed by atoms with van der Waals surface area (Å²) in [6.45, 7) is 7.33. The molecule has 2 nitrogen and oxygen atoms in total. The van der Waals surface area contributed by atoms with E-state index >= 15 is 0 Å². The molecule has 0 bridgehead atoms. The number of pyridine rings is 1. The lowest BCUT2D eigenvalue weighted by Crippen LogP contribution is -1.98. The highest BCUT2D eigenvalue weighted by Crippen LogP contribution is 2.26. The van der Waals surface area contributed by atoms with Gasteiger partial charge in [0.25, 0.3) is 0 Å². The first-order valence-electron chi connectivity index (χ1n) is 6.58. The zero-order chi connectivity index (χ0) is 13.7. The van der Waals surface area contributed by atoms with Crippen LogP contribution in [0.15, 0.2) is 41.4 Å². The van der Waals surface area contributed by atoms with Gasteiger partial charge in [0.15, 0.2) is 0 Å². The lowest BCUT2D eigenvalue weighted by Gasteiger charge is -2.08. The van der Waals surface area contributed by atoms with Crippen LogP contribution in [0.5, 0.6) is 0 Å². The Morgan fingerprint density at radius 2 is 2.00 bits per heavy atom. The summed E-state index contributed by atoms with van der Waals surface area (Å²) in [7, 11) is 0. The summed E-state index contributed by atoms with van der Waals surface area (Å²) >= 11 is 1.85. The molecule has 3 heteroatoms. The molecule has 1 N–H and O–H groups in total. The van der Waals surface area contributed by atoms with E-state index in [0.29, 0.717) is 0 Å². The molecule has 1 heterocycles. The minimum absolute atomic E-state index is 0.906. The molecule has 19 heavy (non-hydrogen) atoms. The van der Waals surface area contributed by atoms with Gasteiger partial charge in [-0.25, -0.2) is 0 Å². The molecule has 0 aliphatic rings. The normalized spacial score (nSPS) is 10.5. The first-order chi connectivity index (χ1) is 9.19. The number of thioether (sulfide) groups is 1. The van der Waals surface area contributed by atoms with Crippen LogP contribution in [-0.2, 0) is 5.75 Å². The lowest BCUT2D eigenvalue weighted by atomic mass is 10.2. The molecule has 2 aromatic rings. The highest BCUT2D eigenvalue weighted by Gasteiger charge is 2.02. The fourth-order valence-corrected chi connectivity index (χ4v) is 2.90. The Hall–Kier alpha value is -1.48. The first-order valence-corrected chi connectivity index (χ1v) is 7.56. The van der Waals surface area contributed by atoms with Crippen LogP contribution in [0.2, 0.25) is 0 Å². The fourth-order valence-electron chi connectivity index (χ4n) is 1.98. The maximum atomic E-state index is 4.42. The van der Waals surface area contributed by atoms with Crippen LogP contribution >= 0.6 is 11.8 Å². The van der Waals surface area contributed by atoms with Crippen LogP contribution in [0.25, 0.3) is 0 Å². The van der Waals surface area contributed by atoms with E-state index in [2.05, 4.69) is 55.3 Å². The van der Waals surface area contributed by atoms with Gasteiger partial charge in [0, 0.05) is 29.1 Å². The van der Waals surface area contributed by atoms with Crippen molar-refractivity contribution in [3.63, 3.8) is 0 Å². The van der Waals surface area contributed by atoms with Crippen molar-refractivity contribution in [1.82, 2.24) is 4.98 Å². The van der Waals surface area contributed by atoms with Gasteiger partial charge in [-0.1, -0.05) is 17.7 Å². The van der Waals surface area contributed by atoms with Crippen molar-refractivity contribution in [2.75, 3.05) is 11.9 Å². The Bertz CT molecular complexity index is 552. The lowest BCUT2D eigenvalue weighted by molar-refractivity contribution is 1.14. The molecule has 0 aliphatic carbocycles. The molecule has 100 valence electrons. The zero-order valence-corrected chi connectivity index (χ0v) is 12.6. The molecular formula is C16H20N2S. The van der Waals surface area contributed by atoms with Crippen molar-refractivity contribution in [3.8, 4) is 0 Å². The second-order valence-electron chi connectivity index (χ2n) is 4.62. The Morgan fingerprint density at radius 3 is 2.74 bits per heavy atom. The van der Waals surface area contributed by atoms with E-state index in [4.69, 9.17) is 0 Å². The highest BCUT2D eigenvalue weighted by atomic mass is 32.2. The van der Waals surface area contributed by atoms with Crippen molar-refractivity contribution in [2.24, 2.45) is 0 Å². The maximum Gasteiger partial charge on any atom is 0.0526 e. The van der Waals surface area contributed by atoms with Gasteiger partial charge in [-0.3, -0.25) is 4.98 Å². The van der Waals surface area contributed by atoms with E-state index in [9.17, 15) is 0 Å². The van der Waals surface area contributed by atoms with Crippen molar-refractivity contribution >= 4 is 17.4 Å². The summed E-state index contributed by atoms with van der Waals surface area (Å²) in [4.78, 5) is 5.76. The Balaban J connectivity index is 2.03. The largest absolute Gasteiger partial charge is 0.385 e. The summed E-state index contributed by atoms with van der Waals surface area (Å²) in [5.74, 6) is 0.906. The average molecular weight is 272 g/mol. The van der Waals surface area contributed by atoms with Crippen LogP contribution in [0.1, 0.15) is 23.7 Å².